The van der Waals surface area contributed by atoms with Gasteiger partial charge in [0.1, 0.15) is 12.7 Å². The van der Waals surface area contributed by atoms with Gasteiger partial charge < -0.3 is 23.7 Å². The van der Waals surface area contributed by atoms with Crippen LogP contribution in [0, 0.1) is 0 Å². The molecule has 0 unspecified atom stereocenters. The van der Waals surface area contributed by atoms with Crippen molar-refractivity contribution in [2.24, 2.45) is 5.11 Å². The van der Waals surface area contributed by atoms with Crippen LogP contribution in [-0.4, -0.2) is 54.5 Å². The molecule has 166 valence electrons. The van der Waals surface area contributed by atoms with Crippen molar-refractivity contribution in [3.8, 4) is 0 Å². The van der Waals surface area contributed by atoms with E-state index in [0.717, 1.165) is 20.8 Å². The summed E-state index contributed by atoms with van der Waals surface area (Å²) in [7, 11) is 0. The molecule has 0 bridgehead atoms. The number of carbonyl (C=O) groups is 4. The molecule has 0 N–H and O–H groups in total. The normalized spacial score (nSPS) is 23.1. The number of rotatable bonds is 8. The summed E-state index contributed by atoms with van der Waals surface area (Å²) >= 11 is 0. The van der Waals surface area contributed by atoms with E-state index in [1.165, 1.54) is 0 Å². The predicted molar refractivity (Wildman–Crippen MR) is 101 cm³/mol. The average Bonchev–Trinajstić information content (AvgIpc) is 3.00. The van der Waals surface area contributed by atoms with Crippen LogP contribution in [0.3, 0.4) is 0 Å². The third kappa shape index (κ3) is 6.69. The maximum absolute atomic E-state index is 12.7. The molecule has 1 aromatic rings. The molecule has 1 aromatic carbocycles. The van der Waals surface area contributed by atoms with Crippen LogP contribution in [0.2, 0.25) is 0 Å². The van der Waals surface area contributed by atoms with Crippen molar-refractivity contribution in [2.45, 2.75) is 58.0 Å². The van der Waals surface area contributed by atoms with Gasteiger partial charge in [0, 0.05) is 25.7 Å². The van der Waals surface area contributed by atoms with Gasteiger partial charge in [0.15, 0.2) is 12.1 Å². The Morgan fingerprint density at radius 1 is 1.00 bits per heavy atom. The van der Waals surface area contributed by atoms with E-state index in [2.05, 4.69) is 10.0 Å². The first-order chi connectivity index (χ1) is 14.7. The molecular weight excluding hydrogens is 414 g/mol. The van der Waals surface area contributed by atoms with Gasteiger partial charge in [-0.2, -0.15) is 0 Å². The predicted octanol–water partition coefficient (Wildman–Crippen LogP) is 1.56. The summed E-state index contributed by atoms with van der Waals surface area (Å²) in [5.74, 6) is -3.34. The Bertz CT molecular complexity index is 870. The summed E-state index contributed by atoms with van der Waals surface area (Å²) < 4.78 is 26.0. The highest BCUT2D eigenvalue weighted by molar-refractivity contribution is 5.77. The maximum atomic E-state index is 12.7. The van der Waals surface area contributed by atoms with Gasteiger partial charge in [-0.05, 0) is 11.1 Å². The Morgan fingerprint density at radius 3 is 2.13 bits per heavy atom. The van der Waals surface area contributed by atoms with Gasteiger partial charge in [-0.3, -0.25) is 19.2 Å². The summed E-state index contributed by atoms with van der Waals surface area (Å²) in [6.07, 6.45) is -5.76. The zero-order chi connectivity index (χ0) is 23.0. The summed E-state index contributed by atoms with van der Waals surface area (Å²) in [4.78, 5) is 49.9. The van der Waals surface area contributed by atoms with Gasteiger partial charge in [0.25, 0.3) is 0 Å². The largest absolute Gasteiger partial charge is 0.460 e. The number of esters is 4. The molecule has 1 saturated heterocycles. The summed E-state index contributed by atoms with van der Waals surface area (Å²) in [5, 5.41) is 3.41. The lowest BCUT2D eigenvalue weighted by Gasteiger charge is -2.24. The molecule has 1 fully saturated rings. The molecule has 0 radical (unpaired) electrons. The molecule has 1 aliphatic rings. The molecule has 0 saturated carbocycles. The van der Waals surface area contributed by atoms with Crippen molar-refractivity contribution in [1.29, 1.82) is 0 Å². The zero-order valence-corrected chi connectivity index (χ0v) is 17.0. The van der Waals surface area contributed by atoms with Gasteiger partial charge in [0.05, 0.1) is 0 Å². The van der Waals surface area contributed by atoms with Crippen molar-refractivity contribution in [2.75, 3.05) is 0 Å². The fraction of sp³-hybridized carbons (Fsp3) is 0.474. The van der Waals surface area contributed by atoms with E-state index in [4.69, 9.17) is 29.2 Å². The summed E-state index contributed by atoms with van der Waals surface area (Å²) in [5.41, 5.74) is 9.61. The molecule has 31 heavy (non-hydrogen) atoms. The van der Waals surface area contributed by atoms with Crippen LogP contribution in [0.15, 0.2) is 35.4 Å². The molecule has 2 rings (SSSR count). The van der Waals surface area contributed by atoms with Crippen LogP contribution in [-0.2, 0) is 49.5 Å². The molecule has 12 heteroatoms. The van der Waals surface area contributed by atoms with Crippen LogP contribution < -0.4 is 0 Å². The highest BCUT2D eigenvalue weighted by atomic mass is 16.7. The van der Waals surface area contributed by atoms with Crippen LogP contribution >= 0.6 is 0 Å². The Labute approximate surface area is 177 Å². The van der Waals surface area contributed by atoms with Gasteiger partial charge in [-0.15, -0.1) is 0 Å². The number of ether oxygens (including phenoxy) is 5. The summed E-state index contributed by atoms with van der Waals surface area (Å²) in [6.45, 7) is 3.13. The fourth-order valence-corrected chi connectivity index (χ4v) is 2.92. The zero-order valence-electron chi connectivity index (χ0n) is 17.0. The van der Waals surface area contributed by atoms with Crippen LogP contribution in [0.25, 0.3) is 10.4 Å². The molecular formula is C19H21N3O9. The average molecular weight is 435 g/mol. The molecule has 12 nitrogen and oxygen atoms in total. The second kappa shape index (κ2) is 11.0. The Morgan fingerprint density at radius 2 is 1.58 bits per heavy atom. The Balaban J connectivity index is 2.30. The molecule has 1 aliphatic heterocycles. The van der Waals surface area contributed by atoms with Crippen molar-refractivity contribution >= 4 is 23.9 Å². The lowest BCUT2D eigenvalue weighted by molar-refractivity contribution is -0.196. The van der Waals surface area contributed by atoms with Crippen LogP contribution in [0.5, 0.6) is 0 Å². The number of benzene rings is 1. The minimum absolute atomic E-state index is 0.122. The molecule has 5 atom stereocenters. The first kappa shape index (κ1) is 23.6. The van der Waals surface area contributed by atoms with E-state index in [1.54, 1.807) is 30.3 Å². The van der Waals surface area contributed by atoms with Crippen molar-refractivity contribution in [1.82, 2.24) is 0 Å². The fourth-order valence-electron chi connectivity index (χ4n) is 2.92. The highest BCUT2D eigenvalue weighted by Crippen LogP contribution is 2.32. The summed E-state index contributed by atoms with van der Waals surface area (Å²) in [6, 6.07) is 7.09. The number of nitrogens with zero attached hydrogens (tertiary/aromatic N) is 3. The molecule has 0 spiro atoms. The van der Waals surface area contributed by atoms with Crippen molar-refractivity contribution in [3.63, 3.8) is 0 Å². The third-order valence-electron chi connectivity index (χ3n) is 4.05. The minimum atomic E-state index is -1.63. The standard InChI is InChI=1S/C19H21N3O9/c1-10(23)28-16-15(31-19(30-12(3)25)17(16)29-11(2)24)14(21-22-20)18(26)27-9-13-7-5-4-6-8-13/h4-8,14-17,19H,9H2,1-3H3/t14-,15+,16+,17+,19+/m0/s1. The topological polar surface area (TPSA) is 163 Å². The van der Waals surface area contributed by atoms with E-state index in [0.29, 0.717) is 5.56 Å². The molecule has 0 amide bonds. The Hall–Kier alpha value is -3.63. The minimum Gasteiger partial charge on any atom is -0.460 e. The Kier molecular flexibility index (Phi) is 8.35. The number of hydrogen-bond acceptors (Lipinski definition) is 10. The molecule has 1 heterocycles. The molecule has 0 aliphatic carbocycles. The van der Waals surface area contributed by atoms with Gasteiger partial charge >= 0.3 is 23.9 Å². The van der Waals surface area contributed by atoms with E-state index in [9.17, 15) is 19.2 Å². The monoisotopic (exact) mass is 435 g/mol. The van der Waals surface area contributed by atoms with Crippen LogP contribution in [0.1, 0.15) is 26.3 Å². The lowest BCUT2D eigenvalue weighted by Crippen LogP contribution is -2.46. The molecule has 0 aromatic heterocycles. The van der Waals surface area contributed by atoms with Crippen molar-refractivity contribution in [3.05, 3.63) is 46.3 Å². The van der Waals surface area contributed by atoms with E-state index < -0.39 is 54.5 Å². The van der Waals surface area contributed by atoms with E-state index >= 15 is 0 Å². The first-order valence-electron chi connectivity index (χ1n) is 9.14. The van der Waals surface area contributed by atoms with E-state index in [1.807, 2.05) is 0 Å². The quantitative estimate of drug-likeness (QED) is 0.194. The number of azide groups is 1. The smallest absolute Gasteiger partial charge is 0.318 e. The number of carbonyl (C=O) groups excluding carboxylic acids is 4. The van der Waals surface area contributed by atoms with E-state index in [-0.39, 0.29) is 6.61 Å². The number of hydrogen-bond donors (Lipinski definition) is 0. The van der Waals surface area contributed by atoms with Gasteiger partial charge in [-0.25, -0.2) is 0 Å². The first-order valence-corrected chi connectivity index (χ1v) is 9.14. The van der Waals surface area contributed by atoms with Gasteiger partial charge in [0.2, 0.25) is 12.4 Å². The third-order valence-corrected chi connectivity index (χ3v) is 4.05. The highest BCUT2D eigenvalue weighted by Gasteiger charge is 2.55. The van der Waals surface area contributed by atoms with Crippen LogP contribution in [0.4, 0.5) is 0 Å². The van der Waals surface area contributed by atoms with Gasteiger partial charge in [-0.1, -0.05) is 35.4 Å². The SMILES string of the molecule is CC(=O)O[C@@H]1O[C@H]([C@H](N=[N+]=[N-])C(=O)OCc2ccccc2)[C@@H](OC(C)=O)[C@H]1OC(C)=O. The van der Waals surface area contributed by atoms with Crippen molar-refractivity contribution < 1.29 is 42.9 Å². The lowest BCUT2D eigenvalue weighted by atomic mass is 10.0. The maximum Gasteiger partial charge on any atom is 0.318 e. The second-order valence-corrected chi connectivity index (χ2v) is 6.47. The second-order valence-electron chi connectivity index (χ2n) is 6.47.